The van der Waals surface area contributed by atoms with Crippen LogP contribution in [-0.2, 0) is 4.79 Å². The van der Waals surface area contributed by atoms with Gasteiger partial charge in [-0.05, 0) is 61.9 Å². The standard InChI is InChI=1S/C19H16BrNO4/c1-10(19(24)25)17-11(2)21(16-8-7-14(22)9-15(16)17)18(23)12-3-5-13(20)6-4-12/h3-10,22H,1-2H3,(H,24,25). The molecule has 0 aliphatic heterocycles. The lowest BCUT2D eigenvalue weighted by molar-refractivity contribution is -0.138. The fourth-order valence-corrected chi connectivity index (χ4v) is 3.35. The van der Waals surface area contributed by atoms with Crippen molar-refractivity contribution in [3.8, 4) is 5.75 Å². The third-order valence-corrected chi connectivity index (χ3v) is 4.86. The molecule has 0 aliphatic rings. The second-order valence-electron chi connectivity index (χ2n) is 5.91. The highest BCUT2D eigenvalue weighted by molar-refractivity contribution is 9.10. The number of phenolic OH excluding ortho intramolecular Hbond substituents is 1. The minimum atomic E-state index is -0.985. The van der Waals surface area contributed by atoms with Gasteiger partial charge >= 0.3 is 5.97 Å². The first-order chi connectivity index (χ1) is 11.8. The molecule has 25 heavy (non-hydrogen) atoms. The monoisotopic (exact) mass is 401 g/mol. The molecular weight excluding hydrogens is 386 g/mol. The van der Waals surface area contributed by atoms with Gasteiger partial charge in [0.05, 0.1) is 11.4 Å². The van der Waals surface area contributed by atoms with Crippen molar-refractivity contribution in [2.75, 3.05) is 0 Å². The van der Waals surface area contributed by atoms with Crippen molar-refractivity contribution in [3.05, 3.63) is 63.8 Å². The summed E-state index contributed by atoms with van der Waals surface area (Å²) in [6.45, 7) is 3.30. The van der Waals surface area contributed by atoms with Crippen LogP contribution in [0.15, 0.2) is 46.9 Å². The van der Waals surface area contributed by atoms with Crippen LogP contribution >= 0.6 is 15.9 Å². The first-order valence-electron chi connectivity index (χ1n) is 7.68. The summed E-state index contributed by atoms with van der Waals surface area (Å²) < 4.78 is 2.37. The maximum atomic E-state index is 13.0. The van der Waals surface area contributed by atoms with Crippen molar-refractivity contribution in [2.45, 2.75) is 19.8 Å². The van der Waals surface area contributed by atoms with Gasteiger partial charge in [0, 0.05) is 21.1 Å². The molecule has 0 radical (unpaired) electrons. The van der Waals surface area contributed by atoms with Gasteiger partial charge in [0.25, 0.3) is 5.91 Å². The van der Waals surface area contributed by atoms with Crippen LogP contribution in [0.2, 0.25) is 0 Å². The molecule has 0 saturated carbocycles. The van der Waals surface area contributed by atoms with E-state index in [4.69, 9.17) is 0 Å². The van der Waals surface area contributed by atoms with Crippen LogP contribution < -0.4 is 0 Å². The van der Waals surface area contributed by atoms with E-state index in [1.807, 2.05) is 0 Å². The zero-order valence-corrected chi connectivity index (χ0v) is 15.2. The minimum absolute atomic E-state index is 0.0274. The Morgan fingerprint density at radius 3 is 2.36 bits per heavy atom. The van der Waals surface area contributed by atoms with Crippen LogP contribution in [-0.4, -0.2) is 26.7 Å². The van der Waals surface area contributed by atoms with Gasteiger partial charge in [-0.2, -0.15) is 0 Å². The second-order valence-corrected chi connectivity index (χ2v) is 6.82. The molecule has 128 valence electrons. The van der Waals surface area contributed by atoms with E-state index in [0.29, 0.717) is 27.7 Å². The van der Waals surface area contributed by atoms with Crippen LogP contribution in [0.1, 0.15) is 34.5 Å². The topological polar surface area (TPSA) is 79.5 Å². The number of halogens is 1. The molecule has 3 aromatic rings. The number of carbonyl (C=O) groups excluding carboxylic acids is 1. The lowest BCUT2D eigenvalue weighted by Crippen LogP contribution is -2.15. The first-order valence-corrected chi connectivity index (χ1v) is 8.47. The number of aromatic hydroxyl groups is 1. The zero-order valence-electron chi connectivity index (χ0n) is 13.7. The number of carbonyl (C=O) groups is 2. The Balaban J connectivity index is 2.28. The fraction of sp³-hybridized carbons (Fsp3) is 0.158. The number of phenols is 1. The number of carboxylic acids is 1. The van der Waals surface area contributed by atoms with Gasteiger partial charge in [-0.1, -0.05) is 15.9 Å². The summed E-state index contributed by atoms with van der Waals surface area (Å²) in [6.07, 6.45) is 0. The Bertz CT molecular complexity index is 989. The summed E-state index contributed by atoms with van der Waals surface area (Å²) in [6, 6.07) is 11.6. The van der Waals surface area contributed by atoms with E-state index in [0.717, 1.165) is 4.47 Å². The molecule has 0 fully saturated rings. The highest BCUT2D eigenvalue weighted by Crippen LogP contribution is 2.34. The molecule has 6 heteroatoms. The van der Waals surface area contributed by atoms with Crippen LogP contribution in [0.5, 0.6) is 5.75 Å². The number of aromatic nitrogens is 1. The van der Waals surface area contributed by atoms with Gasteiger partial charge in [-0.25, -0.2) is 0 Å². The Morgan fingerprint density at radius 1 is 1.12 bits per heavy atom. The quantitative estimate of drug-likeness (QED) is 0.685. The number of rotatable bonds is 3. The second kappa shape index (κ2) is 6.37. The van der Waals surface area contributed by atoms with Crippen molar-refractivity contribution in [3.63, 3.8) is 0 Å². The third kappa shape index (κ3) is 2.93. The number of carboxylic acid groups (broad SMARTS) is 1. The molecule has 0 saturated heterocycles. The first kappa shape index (κ1) is 17.2. The summed E-state index contributed by atoms with van der Waals surface area (Å²) in [4.78, 5) is 24.5. The summed E-state index contributed by atoms with van der Waals surface area (Å²) in [5.41, 5.74) is 2.16. The van der Waals surface area contributed by atoms with Gasteiger partial charge in [-0.15, -0.1) is 0 Å². The molecular formula is C19H16BrNO4. The van der Waals surface area contributed by atoms with E-state index in [9.17, 15) is 19.8 Å². The maximum Gasteiger partial charge on any atom is 0.310 e. The number of hydrogen-bond acceptors (Lipinski definition) is 3. The van der Waals surface area contributed by atoms with Crippen molar-refractivity contribution in [1.82, 2.24) is 4.57 Å². The molecule has 2 aromatic carbocycles. The molecule has 1 aromatic heterocycles. The average molecular weight is 402 g/mol. The van der Waals surface area contributed by atoms with E-state index >= 15 is 0 Å². The Morgan fingerprint density at radius 2 is 1.76 bits per heavy atom. The number of nitrogens with zero attached hydrogens (tertiary/aromatic N) is 1. The van der Waals surface area contributed by atoms with Crippen LogP contribution in [0.4, 0.5) is 0 Å². The molecule has 5 nitrogen and oxygen atoms in total. The van der Waals surface area contributed by atoms with Gasteiger partial charge in [-0.3, -0.25) is 14.2 Å². The highest BCUT2D eigenvalue weighted by atomic mass is 79.9. The number of fused-ring (bicyclic) bond motifs is 1. The third-order valence-electron chi connectivity index (χ3n) is 4.33. The fourth-order valence-electron chi connectivity index (χ4n) is 3.08. The SMILES string of the molecule is Cc1c(C(C)C(=O)O)c2cc(O)ccc2n1C(=O)c1ccc(Br)cc1. The smallest absolute Gasteiger partial charge is 0.310 e. The van der Waals surface area contributed by atoms with Crippen molar-refractivity contribution >= 4 is 38.7 Å². The molecule has 1 unspecified atom stereocenters. The van der Waals surface area contributed by atoms with Gasteiger partial charge in [0.1, 0.15) is 5.75 Å². The van der Waals surface area contributed by atoms with Gasteiger partial charge < -0.3 is 10.2 Å². The van der Waals surface area contributed by atoms with E-state index in [2.05, 4.69) is 15.9 Å². The Hall–Kier alpha value is -2.60. The Labute approximate surface area is 152 Å². The number of hydrogen-bond donors (Lipinski definition) is 2. The van der Waals surface area contributed by atoms with Crippen molar-refractivity contribution in [2.24, 2.45) is 0 Å². The largest absolute Gasteiger partial charge is 0.508 e. The van der Waals surface area contributed by atoms with E-state index in [1.165, 1.54) is 16.7 Å². The molecule has 2 N–H and O–H groups in total. The van der Waals surface area contributed by atoms with E-state index in [-0.39, 0.29) is 11.7 Å². The number of benzene rings is 2. The van der Waals surface area contributed by atoms with Crippen LogP contribution in [0, 0.1) is 6.92 Å². The minimum Gasteiger partial charge on any atom is -0.508 e. The highest BCUT2D eigenvalue weighted by Gasteiger charge is 2.26. The van der Waals surface area contributed by atoms with Crippen molar-refractivity contribution < 1.29 is 19.8 Å². The van der Waals surface area contributed by atoms with Gasteiger partial charge in [0.2, 0.25) is 0 Å². The lowest BCUT2D eigenvalue weighted by Gasteiger charge is -2.09. The summed E-state index contributed by atoms with van der Waals surface area (Å²) in [7, 11) is 0. The molecule has 0 amide bonds. The van der Waals surface area contributed by atoms with Gasteiger partial charge in [0.15, 0.2) is 0 Å². The van der Waals surface area contributed by atoms with Crippen LogP contribution in [0.3, 0.4) is 0 Å². The lowest BCUT2D eigenvalue weighted by atomic mass is 9.98. The molecule has 0 spiro atoms. The zero-order chi connectivity index (χ0) is 18.3. The predicted octanol–water partition coefficient (Wildman–Crippen LogP) is 4.29. The van der Waals surface area contributed by atoms with E-state index < -0.39 is 11.9 Å². The number of aliphatic carboxylic acids is 1. The molecule has 0 aliphatic carbocycles. The normalized spacial score (nSPS) is 12.3. The summed E-state index contributed by atoms with van der Waals surface area (Å²) in [5.74, 6) is -2.01. The molecule has 3 rings (SSSR count). The van der Waals surface area contributed by atoms with E-state index in [1.54, 1.807) is 44.2 Å². The van der Waals surface area contributed by atoms with Crippen LogP contribution in [0.25, 0.3) is 10.9 Å². The summed E-state index contributed by atoms with van der Waals surface area (Å²) >= 11 is 3.34. The van der Waals surface area contributed by atoms with Crippen molar-refractivity contribution in [1.29, 1.82) is 0 Å². The predicted molar refractivity (Wildman–Crippen MR) is 98.3 cm³/mol. The molecule has 1 heterocycles. The average Bonchev–Trinajstić information content (AvgIpc) is 2.85. The molecule has 0 bridgehead atoms. The summed E-state index contributed by atoms with van der Waals surface area (Å²) in [5, 5.41) is 19.8. The molecule has 1 atom stereocenters. The Kier molecular flexibility index (Phi) is 4.39. The maximum absolute atomic E-state index is 13.0.